The lowest BCUT2D eigenvalue weighted by molar-refractivity contribution is 0.209. The highest BCUT2D eigenvalue weighted by atomic mass is 79.9. The van der Waals surface area contributed by atoms with E-state index in [2.05, 4.69) is 21.0 Å². The van der Waals surface area contributed by atoms with Crippen molar-refractivity contribution in [1.82, 2.24) is 9.78 Å². The molecule has 78 valence electrons. The molecular weight excluding hydrogens is 244 g/mol. The quantitative estimate of drug-likeness (QED) is 0.898. The standard InChI is InChI=1S/C10H15BrN2O/c1-7-9(11)8(13(2)12-7)5-10(6-14)3-4-10/h14H,3-6H2,1-2H3. The molecule has 14 heavy (non-hydrogen) atoms. The Morgan fingerprint density at radius 3 is 2.57 bits per heavy atom. The molecule has 1 aromatic heterocycles. The first kappa shape index (κ1) is 10.2. The molecule has 0 aromatic carbocycles. The Labute approximate surface area is 92.2 Å². The number of nitrogens with zero attached hydrogens (tertiary/aromatic N) is 2. The van der Waals surface area contributed by atoms with Gasteiger partial charge in [0.15, 0.2) is 0 Å². The molecule has 1 heterocycles. The number of hydrogen-bond donors (Lipinski definition) is 1. The summed E-state index contributed by atoms with van der Waals surface area (Å²) in [7, 11) is 1.96. The van der Waals surface area contributed by atoms with Crippen LogP contribution in [0.4, 0.5) is 0 Å². The molecular formula is C10H15BrN2O. The molecule has 0 aliphatic heterocycles. The van der Waals surface area contributed by atoms with Crippen LogP contribution < -0.4 is 0 Å². The highest BCUT2D eigenvalue weighted by Gasteiger charge is 2.43. The average Bonchev–Trinajstić information content (AvgIpc) is 2.88. The maximum Gasteiger partial charge on any atom is 0.0738 e. The summed E-state index contributed by atoms with van der Waals surface area (Å²) in [6, 6.07) is 0. The summed E-state index contributed by atoms with van der Waals surface area (Å²) < 4.78 is 3.01. The van der Waals surface area contributed by atoms with Gasteiger partial charge in [0, 0.05) is 13.7 Å². The van der Waals surface area contributed by atoms with E-state index in [4.69, 9.17) is 0 Å². The van der Waals surface area contributed by atoms with E-state index in [0.29, 0.717) is 6.61 Å². The Morgan fingerprint density at radius 2 is 2.21 bits per heavy atom. The van der Waals surface area contributed by atoms with Gasteiger partial charge in [-0.3, -0.25) is 4.68 Å². The van der Waals surface area contributed by atoms with Crippen LogP contribution in [0.5, 0.6) is 0 Å². The van der Waals surface area contributed by atoms with E-state index in [1.54, 1.807) is 0 Å². The normalized spacial score (nSPS) is 18.6. The number of rotatable bonds is 3. The van der Waals surface area contributed by atoms with Crippen LogP contribution in [0.15, 0.2) is 4.47 Å². The van der Waals surface area contributed by atoms with Gasteiger partial charge in [-0.1, -0.05) is 0 Å². The Bertz CT molecular complexity index is 355. The fourth-order valence-electron chi connectivity index (χ4n) is 1.79. The Balaban J connectivity index is 2.24. The maximum atomic E-state index is 9.26. The van der Waals surface area contributed by atoms with E-state index >= 15 is 0 Å². The van der Waals surface area contributed by atoms with Crippen LogP contribution in [0.1, 0.15) is 24.2 Å². The predicted molar refractivity (Wildman–Crippen MR) is 58.1 cm³/mol. The monoisotopic (exact) mass is 258 g/mol. The highest BCUT2D eigenvalue weighted by molar-refractivity contribution is 9.10. The molecule has 3 nitrogen and oxygen atoms in total. The van der Waals surface area contributed by atoms with Crippen LogP contribution in [0.3, 0.4) is 0 Å². The molecule has 1 aromatic rings. The van der Waals surface area contributed by atoms with Crippen LogP contribution in [0.25, 0.3) is 0 Å². The molecule has 0 amide bonds. The molecule has 2 rings (SSSR count). The zero-order chi connectivity index (χ0) is 10.3. The van der Waals surface area contributed by atoms with Crippen molar-refractivity contribution in [1.29, 1.82) is 0 Å². The molecule has 4 heteroatoms. The number of hydrogen-bond acceptors (Lipinski definition) is 2. The summed E-state index contributed by atoms with van der Waals surface area (Å²) in [6.07, 6.45) is 3.21. The second kappa shape index (κ2) is 3.35. The first-order valence-electron chi connectivity index (χ1n) is 4.87. The van der Waals surface area contributed by atoms with Gasteiger partial charge in [-0.15, -0.1) is 0 Å². The minimum absolute atomic E-state index is 0.156. The third kappa shape index (κ3) is 1.61. The highest BCUT2D eigenvalue weighted by Crippen LogP contribution is 2.48. The summed E-state index contributed by atoms with van der Waals surface area (Å²) in [5.41, 5.74) is 2.38. The van der Waals surface area contributed by atoms with Gasteiger partial charge in [-0.2, -0.15) is 5.10 Å². The fourth-order valence-corrected chi connectivity index (χ4v) is 2.27. The third-order valence-electron chi connectivity index (χ3n) is 3.10. The number of aryl methyl sites for hydroxylation is 2. The topological polar surface area (TPSA) is 38.0 Å². The van der Waals surface area contributed by atoms with Gasteiger partial charge in [0.2, 0.25) is 0 Å². The molecule has 1 aliphatic carbocycles. The van der Waals surface area contributed by atoms with Crippen molar-refractivity contribution >= 4 is 15.9 Å². The van der Waals surface area contributed by atoms with E-state index < -0.39 is 0 Å². The second-order valence-electron chi connectivity index (χ2n) is 4.30. The number of aromatic nitrogens is 2. The smallest absolute Gasteiger partial charge is 0.0738 e. The van der Waals surface area contributed by atoms with Crippen molar-refractivity contribution in [3.05, 3.63) is 15.9 Å². The van der Waals surface area contributed by atoms with Gasteiger partial charge in [-0.25, -0.2) is 0 Å². The van der Waals surface area contributed by atoms with Crippen molar-refractivity contribution in [2.75, 3.05) is 6.61 Å². The van der Waals surface area contributed by atoms with Gasteiger partial charge < -0.3 is 5.11 Å². The van der Waals surface area contributed by atoms with Crippen LogP contribution in [-0.4, -0.2) is 21.5 Å². The number of aliphatic hydroxyl groups is 1. The summed E-state index contributed by atoms with van der Waals surface area (Å²) >= 11 is 3.55. The lowest BCUT2D eigenvalue weighted by atomic mass is 10.0. The lowest BCUT2D eigenvalue weighted by Crippen LogP contribution is -2.13. The minimum Gasteiger partial charge on any atom is -0.396 e. The van der Waals surface area contributed by atoms with Gasteiger partial charge >= 0.3 is 0 Å². The maximum absolute atomic E-state index is 9.26. The number of halogens is 1. The van der Waals surface area contributed by atoms with Crippen LogP contribution >= 0.6 is 15.9 Å². The van der Waals surface area contributed by atoms with Gasteiger partial charge in [0.05, 0.1) is 15.9 Å². The summed E-state index contributed by atoms with van der Waals surface area (Å²) in [4.78, 5) is 0. The second-order valence-corrected chi connectivity index (χ2v) is 5.10. The van der Waals surface area contributed by atoms with Crippen LogP contribution in [0.2, 0.25) is 0 Å². The Kier molecular flexibility index (Phi) is 2.43. The first-order chi connectivity index (χ1) is 6.58. The van der Waals surface area contributed by atoms with E-state index in [1.165, 1.54) is 5.69 Å². The molecule has 0 radical (unpaired) electrons. The Morgan fingerprint density at radius 1 is 1.57 bits per heavy atom. The van der Waals surface area contributed by atoms with Crippen molar-refractivity contribution < 1.29 is 5.11 Å². The number of aliphatic hydroxyl groups excluding tert-OH is 1. The van der Waals surface area contributed by atoms with Crippen LogP contribution in [0, 0.1) is 12.3 Å². The van der Waals surface area contributed by atoms with Gasteiger partial charge in [-0.05, 0) is 47.5 Å². The Hall–Kier alpha value is -0.350. The minimum atomic E-state index is 0.156. The van der Waals surface area contributed by atoms with E-state index in [9.17, 15) is 5.11 Å². The molecule has 1 saturated carbocycles. The fraction of sp³-hybridized carbons (Fsp3) is 0.700. The van der Waals surface area contributed by atoms with E-state index in [-0.39, 0.29) is 5.41 Å². The van der Waals surface area contributed by atoms with E-state index in [1.807, 2.05) is 18.7 Å². The van der Waals surface area contributed by atoms with Gasteiger partial charge in [0.25, 0.3) is 0 Å². The summed E-state index contributed by atoms with van der Waals surface area (Å²) in [5, 5.41) is 13.6. The molecule has 1 aliphatic rings. The van der Waals surface area contributed by atoms with Crippen molar-refractivity contribution in [3.63, 3.8) is 0 Å². The SMILES string of the molecule is Cc1nn(C)c(CC2(CO)CC2)c1Br. The van der Waals surface area contributed by atoms with Crippen molar-refractivity contribution in [3.8, 4) is 0 Å². The largest absolute Gasteiger partial charge is 0.396 e. The molecule has 0 bridgehead atoms. The zero-order valence-electron chi connectivity index (χ0n) is 8.55. The predicted octanol–water partition coefficient (Wildman–Crippen LogP) is 1.81. The summed E-state index contributed by atoms with van der Waals surface area (Å²) in [5.74, 6) is 0. The average molecular weight is 259 g/mol. The lowest BCUT2D eigenvalue weighted by Gasteiger charge is -2.11. The van der Waals surface area contributed by atoms with Crippen molar-refractivity contribution in [2.24, 2.45) is 12.5 Å². The molecule has 0 spiro atoms. The van der Waals surface area contributed by atoms with Crippen LogP contribution in [-0.2, 0) is 13.5 Å². The molecule has 0 saturated heterocycles. The zero-order valence-corrected chi connectivity index (χ0v) is 10.1. The third-order valence-corrected chi connectivity index (χ3v) is 4.13. The summed E-state index contributed by atoms with van der Waals surface area (Å²) in [6.45, 7) is 2.29. The molecule has 0 unspecified atom stereocenters. The molecule has 1 N–H and O–H groups in total. The first-order valence-corrected chi connectivity index (χ1v) is 5.66. The van der Waals surface area contributed by atoms with Crippen molar-refractivity contribution in [2.45, 2.75) is 26.2 Å². The molecule has 1 fully saturated rings. The van der Waals surface area contributed by atoms with Gasteiger partial charge in [0.1, 0.15) is 0 Å². The van der Waals surface area contributed by atoms with E-state index in [0.717, 1.165) is 29.4 Å². The molecule has 0 atom stereocenters.